The molecular weight excluding hydrogens is 305 g/mol. The molecule has 6 nitrogen and oxygen atoms in total. The van der Waals surface area contributed by atoms with E-state index >= 15 is 0 Å². The monoisotopic (exact) mass is 319 g/mol. The SMILES string of the molecule is Cl.N[C@@H]1CCCN(C(=O)c2c(Cl)cccc2[N+](=O)[O-])C1. The van der Waals surface area contributed by atoms with E-state index in [2.05, 4.69) is 0 Å². The molecule has 0 spiro atoms. The van der Waals surface area contributed by atoms with Gasteiger partial charge in [-0.15, -0.1) is 12.4 Å². The lowest BCUT2D eigenvalue weighted by Crippen LogP contribution is -2.45. The summed E-state index contributed by atoms with van der Waals surface area (Å²) >= 11 is 5.94. The van der Waals surface area contributed by atoms with Crippen molar-refractivity contribution in [3.63, 3.8) is 0 Å². The Morgan fingerprint density at radius 1 is 1.50 bits per heavy atom. The van der Waals surface area contributed by atoms with Crippen LogP contribution in [0.3, 0.4) is 0 Å². The second-order valence-corrected chi connectivity index (χ2v) is 4.95. The minimum Gasteiger partial charge on any atom is -0.337 e. The average Bonchev–Trinajstić information content (AvgIpc) is 2.37. The molecule has 2 rings (SSSR count). The Morgan fingerprint density at radius 2 is 2.20 bits per heavy atom. The quantitative estimate of drug-likeness (QED) is 0.668. The van der Waals surface area contributed by atoms with E-state index in [9.17, 15) is 14.9 Å². The molecule has 8 heteroatoms. The number of nitro groups is 1. The first-order valence-corrected chi connectivity index (χ1v) is 6.36. The van der Waals surface area contributed by atoms with Gasteiger partial charge in [0, 0.05) is 25.2 Å². The lowest BCUT2D eigenvalue weighted by Gasteiger charge is -2.30. The second kappa shape index (κ2) is 6.88. The first-order chi connectivity index (χ1) is 9.00. The number of piperidine rings is 1. The molecule has 1 aromatic rings. The third-order valence-electron chi connectivity index (χ3n) is 3.15. The van der Waals surface area contributed by atoms with Gasteiger partial charge >= 0.3 is 0 Å². The highest BCUT2D eigenvalue weighted by molar-refractivity contribution is 6.34. The fourth-order valence-electron chi connectivity index (χ4n) is 2.23. The van der Waals surface area contributed by atoms with E-state index in [1.54, 1.807) is 0 Å². The summed E-state index contributed by atoms with van der Waals surface area (Å²) in [5, 5.41) is 11.1. The molecule has 1 saturated heterocycles. The van der Waals surface area contributed by atoms with Gasteiger partial charge in [0.1, 0.15) is 5.56 Å². The Morgan fingerprint density at radius 3 is 2.80 bits per heavy atom. The molecule has 0 unspecified atom stereocenters. The maximum Gasteiger partial charge on any atom is 0.283 e. The van der Waals surface area contributed by atoms with Gasteiger partial charge in [-0.3, -0.25) is 14.9 Å². The van der Waals surface area contributed by atoms with E-state index in [-0.39, 0.29) is 34.7 Å². The van der Waals surface area contributed by atoms with Crippen LogP contribution >= 0.6 is 24.0 Å². The Balaban J connectivity index is 0.00000200. The van der Waals surface area contributed by atoms with E-state index in [1.807, 2.05) is 0 Å². The number of likely N-dealkylation sites (tertiary alicyclic amines) is 1. The number of hydrogen-bond acceptors (Lipinski definition) is 4. The van der Waals surface area contributed by atoms with Crippen LogP contribution in [0.25, 0.3) is 0 Å². The summed E-state index contributed by atoms with van der Waals surface area (Å²) in [6.45, 7) is 0.954. The van der Waals surface area contributed by atoms with Crippen molar-refractivity contribution in [3.8, 4) is 0 Å². The molecule has 1 amide bonds. The number of carbonyl (C=O) groups excluding carboxylic acids is 1. The summed E-state index contributed by atoms with van der Waals surface area (Å²) < 4.78 is 0. The van der Waals surface area contributed by atoms with Crippen LogP contribution in [0.2, 0.25) is 5.02 Å². The van der Waals surface area contributed by atoms with Crippen molar-refractivity contribution in [3.05, 3.63) is 38.9 Å². The highest BCUT2D eigenvalue weighted by Crippen LogP contribution is 2.28. The summed E-state index contributed by atoms with van der Waals surface area (Å²) in [6.07, 6.45) is 1.65. The topological polar surface area (TPSA) is 89.5 Å². The van der Waals surface area contributed by atoms with Gasteiger partial charge in [0.05, 0.1) is 9.95 Å². The molecule has 2 N–H and O–H groups in total. The van der Waals surface area contributed by atoms with Crippen LogP contribution < -0.4 is 5.73 Å². The van der Waals surface area contributed by atoms with Crippen molar-refractivity contribution < 1.29 is 9.72 Å². The summed E-state index contributed by atoms with van der Waals surface area (Å²) in [4.78, 5) is 24.3. The number of amides is 1. The van der Waals surface area contributed by atoms with Crippen molar-refractivity contribution in [2.45, 2.75) is 18.9 Å². The first kappa shape index (κ1) is 16.7. The van der Waals surface area contributed by atoms with Crippen molar-refractivity contribution >= 4 is 35.6 Å². The zero-order valence-electron chi connectivity index (χ0n) is 10.6. The van der Waals surface area contributed by atoms with Gasteiger partial charge in [-0.2, -0.15) is 0 Å². The summed E-state index contributed by atoms with van der Waals surface area (Å²) in [7, 11) is 0. The van der Waals surface area contributed by atoms with Crippen LogP contribution in [-0.4, -0.2) is 34.9 Å². The fraction of sp³-hybridized carbons (Fsp3) is 0.417. The standard InChI is InChI=1S/C12H14ClN3O3.ClH/c13-9-4-1-5-10(16(18)19)11(9)12(17)15-6-2-3-8(14)7-15;/h1,4-5,8H,2-3,6-7,14H2;1H/t8-;/m1./s1. The van der Waals surface area contributed by atoms with Crippen molar-refractivity contribution in [1.29, 1.82) is 0 Å². The number of rotatable bonds is 2. The summed E-state index contributed by atoms with van der Waals surface area (Å²) in [6, 6.07) is 4.13. The number of nitro benzene ring substituents is 1. The molecule has 0 radical (unpaired) electrons. The normalized spacial score (nSPS) is 18.3. The Labute approximate surface area is 127 Å². The highest BCUT2D eigenvalue weighted by Gasteiger charge is 2.29. The van der Waals surface area contributed by atoms with Crippen LogP contribution in [0.5, 0.6) is 0 Å². The van der Waals surface area contributed by atoms with E-state index in [0.29, 0.717) is 13.1 Å². The van der Waals surface area contributed by atoms with Gasteiger partial charge in [-0.1, -0.05) is 17.7 Å². The van der Waals surface area contributed by atoms with E-state index < -0.39 is 10.8 Å². The number of halogens is 2. The zero-order chi connectivity index (χ0) is 14.0. The molecule has 1 heterocycles. The Kier molecular flexibility index (Phi) is 5.74. The van der Waals surface area contributed by atoms with Gasteiger partial charge < -0.3 is 10.6 Å². The minimum atomic E-state index is -0.594. The third-order valence-corrected chi connectivity index (χ3v) is 3.46. The van der Waals surface area contributed by atoms with Gasteiger partial charge in [0.15, 0.2) is 0 Å². The smallest absolute Gasteiger partial charge is 0.283 e. The number of nitrogens with two attached hydrogens (primary N) is 1. The predicted molar refractivity (Wildman–Crippen MR) is 78.5 cm³/mol. The Bertz CT molecular complexity index is 525. The molecule has 0 bridgehead atoms. The van der Waals surface area contributed by atoms with Gasteiger partial charge in [0.2, 0.25) is 0 Å². The van der Waals surface area contributed by atoms with E-state index in [4.69, 9.17) is 17.3 Å². The maximum atomic E-state index is 12.4. The van der Waals surface area contributed by atoms with Crippen LogP contribution in [0.15, 0.2) is 18.2 Å². The molecular formula is C12H15Cl2N3O3. The molecule has 1 aromatic carbocycles. The van der Waals surface area contributed by atoms with Crippen molar-refractivity contribution in [2.75, 3.05) is 13.1 Å². The average molecular weight is 320 g/mol. The van der Waals surface area contributed by atoms with Crippen molar-refractivity contribution in [1.82, 2.24) is 4.90 Å². The van der Waals surface area contributed by atoms with Crippen LogP contribution in [-0.2, 0) is 0 Å². The zero-order valence-corrected chi connectivity index (χ0v) is 12.2. The van der Waals surface area contributed by atoms with Crippen LogP contribution in [0.4, 0.5) is 5.69 Å². The second-order valence-electron chi connectivity index (χ2n) is 4.54. The molecule has 0 saturated carbocycles. The van der Waals surface area contributed by atoms with Gasteiger partial charge in [-0.25, -0.2) is 0 Å². The number of benzene rings is 1. The van der Waals surface area contributed by atoms with E-state index in [1.165, 1.54) is 23.1 Å². The van der Waals surface area contributed by atoms with E-state index in [0.717, 1.165) is 12.8 Å². The Hall–Kier alpha value is -1.37. The molecule has 1 aliphatic rings. The molecule has 20 heavy (non-hydrogen) atoms. The molecule has 0 aromatic heterocycles. The largest absolute Gasteiger partial charge is 0.337 e. The molecule has 0 aliphatic carbocycles. The lowest BCUT2D eigenvalue weighted by molar-refractivity contribution is -0.385. The maximum absolute atomic E-state index is 12.4. The molecule has 1 atom stereocenters. The minimum absolute atomic E-state index is 0. The summed E-state index contributed by atoms with van der Waals surface area (Å²) in [5.74, 6) is -0.424. The number of carbonyl (C=O) groups is 1. The van der Waals surface area contributed by atoms with Gasteiger partial charge in [-0.05, 0) is 18.9 Å². The summed E-state index contributed by atoms with van der Waals surface area (Å²) in [5.41, 5.74) is 5.50. The molecule has 1 aliphatic heterocycles. The number of nitrogens with zero attached hydrogens (tertiary/aromatic N) is 2. The lowest BCUT2D eigenvalue weighted by atomic mass is 10.0. The number of hydrogen-bond donors (Lipinski definition) is 1. The predicted octanol–water partition coefficient (Wildman–Crippen LogP) is 2.23. The molecule has 110 valence electrons. The van der Waals surface area contributed by atoms with Crippen LogP contribution in [0.1, 0.15) is 23.2 Å². The van der Waals surface area contributed by atoms with Gasteiger partial charge in [0.25, 0.3) is 11.6 Å². The first-order valence-electron chi connectivity index (χ1n) is 5.98. The fourth-order valence-corrected chi connectivity index (χ4v) is 2.48. The molecule has 1 fully saturated rings. The van der Waals surface area contributed by atoms with Crippen molar-refractivity contribution in [2.24, 2.45) is 5.73 Å². The van der Waals surface area contributed by atoms with Crippen LogP contribution in [0, 0.1) is 10.1 Å². The highest BCUT2D eigenvalue weighted by atomic mass is 35.5. The third kappa shape index (κ3) is 3.39.